The molecular formula is C11H16O3. The van der Waals surface area contributed by atoms with Gasteiger partial charge in [-0.3, -0.25) is 4.79 Å². The lowest BCUT2D eigenvalue weighted by molar-refractivity contribution is -0.142. The molecule has 3 nitrogen and oxygen atoms in total. The fourth-order valence-corrected chi connectivity index (χ4v) is 1.53. The van der Waals surface area contributed by atoms with Crippen LogP contribution in [0.15, 0.2) is 23.0 Å². The first-order valence-corrected chi connectivity index (χ1v) is 4.83. The molecule has 0 spiro atoms. The Morgan fingerprint density at radius 1 is 1.57 bits per heavy atom. The van der Waals surface area contributed by atoms with E-state index in [1.54, 1.807) is 12.5 Å². The fourth-order valence-electron chi connectivity index (χ4n) is 1.53. The zero-order valence-corrected chi connectivity index (χ0v) is 8.56. The Kier molecular flexibility index (Phi) is 3.74. The minimum atomic E-state index is -0.722. The summed E-state index contributed by atoms with van der Waals surface area (Å²) in [6.45, 7) is 4.07. The van der Waals surface area contributed by atoms with Crippen LogP contribution >= 0.6 is 0 Å². The molecule has 0 fully saturated rings. The van der Waals surface area contributed by atoms with Crippen LogP contribution in [-0.2, 0) is 11.2 Å². The van der Waals surface area contributed by atoms with E-state index in [9.17, 15) is 4.79 Å². The number of hydrogen-bond acceptors (Lipinski definition) is 2. The highest BCUT2D eigenvalue weighted by Crippen LogP contribution is 2.17. The fraction of sp³-hybridized carbons (Fsp3) is 0.545. The zero-order valence-electron chi connectivity index (χ0n) is 8.56. The van der Waals surface area contributed by atoms with Crippen molar-refractivity contribution in [3.8, 4) is 0 Å². The summed E-state index contributed by atoms with van der Waals surface area (Å²) in [5.74, 6) is -0.615. The number of carboxylic acid groups (broad SMARTS) is 1. The van der Waals surface area contributed by atoms with Gasteiger partial charge in [0.2, 0.25) is 0 Å². The standard InChI is InChI=1S/C11H16O3/c1-8(2)5-10(11(12)13)6-9-3-4-14-7-9/h3-4,7-8,10H,5-6H2,1-2H3,(H,12,13). The highest BCUT2D eigenvalue weighted by Gasteiger charge is 2.19. The predicted molar refractivity (Wildman–Crippen MR) is 53.0 cm³/mol. The molecule has 1 atom stereocenters. The second-order valence-electron chi connectivity index (χ2n) is 4.00. The molecule has 0 radical (unpaired) electrons. The third-order valence-electron chi connectivity index (χ3n) is 2.17. The predicted octanol–water partition coefficient (Wildman–Crippen LogP) is 2.57. The van der Waals surface area contributed by atoms with Crippen LogP contribution in [0.2, 0.25) is 0 Å². The summed E-state index contributed by atoms with van der Waals surface area (Å²) >= 11 is 0. The second-order valence-corrected chi connectivity index (χ2v) is 4.00. The summed E-state index contributed by atoms with van der Waals surface area (Å²) in [7, 11) is 0. The molecule has 0 aliphatic rings. The zero-order chi connectivity index (χ0) is 10.6. The van der Waals surface area contributed by atoms with Crippen LogP contribution in [0.25, 0.3) is 0 Å². The topological polar surface area (TPSA) is 50.4 Å². The lowest BCUT2D eigenvalue weighted by atomic mass is 9.92. The van der Waals surface area contributed by atoms with Crippen molar-refractivity contribution in [2.45, 2.75) is 26.7 Å². The number of hydrogen-bond donors (Lipinski definition) is 1. The molecule has 0 aliphatic heterocycles. The van der Waals surface area contributed by atoms with E-state index in [1.807, 2.05) is 19.9 Å². The van der Waals surface area contributed by atoms with E-state index in [-0.39, 0.29) is 5.92 Å². The summed E-state index contributed by atoms with van der Waals surface area (Å²) in [6.07, 6.45) is 4.45. The van der Waals surface area contributed by atoms with Crippen molar-refractivity contribution in [1.29, 1.82) is 0 Å². The monoisotopic (exact) mass is 196 g/mol. The number of carboxylic acids is 1. The summed E-state index contributed by atoms with van der Waals surface area (Å²) < 4.78 is 4.91. The van der Waals surface area contributed by atoms with Crippen molar-refractivity contribution in [2.75, 3.05) is 0 Å². The van der Waals surface area contributed by atoms with Gasteiger partial charge in [0, 0.05) is 0 Å². The van der Waals surface area contributed by atoms with Gasteiger partial charge in [-0.05, 0) is 30.4 Å². The van der Waals surface area contributed by atoms with E-state index in [0.717, 1.165) is 5.56 Å². The molecule has 0 amide bonds. The molecule has 0 saturated carbocycles. The molecule has 1 rings (SSSR count). The summed E-state index contributed by atoms with van der Waals surface area (Å²) in [6, 6.07) is 1.82. The lowest BCUT2D eigenvalue weighted by Gasteiger charge is -2.13. The molecule has 1 unspecified atom stereocenters. The summed E-state index contributed by atoms with van der Waals surface area (Å²) in [4.78, 5) is 10.9. The molecule has 14 heavy (non-hydrogen) atoms. The van der Waals surface area contributed by atoms with E-state index < -0.39 is 5.97 Å². The SMILES string of the molecule is CC(C)CC(Cc1ccoc1)C(=O)O. The normalized spacial score (nSPS) is 13.1. The van der Waals surface area contributed by atoms with Gasteiger partial charge < -0.3 is 9.52 Å². The molecule has 0 bridgehead atoms. The molecule has 1 N–H and O–H groups in total. The maximum atomic E-state index is 10.9. The van der Waals surface area contributed by atoms with Gasteiger partial charge in [0.25, 0.3) is 0 Å². The van der Waals surface area contributed by atoms with Gasteiger partial charge in [-0.25, -0.2) is 0 Å². The quantitative estimate of drug-likeness (QED) is 0.787. The van der Waals surface area contributed by atoms with Gasteiger partial charge in [0.05, 0.1) is 18.4 Å². The Morgan fingerprint density at radius 2 is 2.29 bits per heavy atom. The van der Waals surface area contributed by atoms with Crippen LogP contribution in [0.5, 0.6) is 0 Å². The molecule has 1 aromatic rings. The minimum Gasteiger partial charge on any atom is -0.481 e. The van der Waals surface area contributed by atoms with Gasteiger partial charge in [0.1, 0.15) is 0 Å². The summed E-state index contributed by atoms with van der Waals surface area (Å²) in [5, 5.41) is 8.99. The van der Waals surface area contributed by atoms with Gasteiger partial charge in [-0.1, -0.05) is 13.8 Å². The van der Waals surface area contributed by atoms with Crippen LogP contribution < -0.4 is 0 Å². The van der Waals surface area contributed by atoms with Crippen molar-refractivity contribution >= 4 is 5.97 Å². The summed E-state index contributed by atoms with van der Waals surface area (Å²) in [5.41, 5.74) is 0.957. The minimum absolute atomic E-state index is 0.299. The Labute approximate surface area is 83.7 Å². The van der Waals surface area contributed by atoms with Crippen molar-refractivity contribution < 1.29 is 14.3 Å². The van der Waals surface area contributed by atoms with E-state index in [2.05, 4.69) is 0 Å². The number of rotatable bonds is 5. The molecule has 0 aromatic carbocycles. The Morgan fingerprint density at radius 3 is 2.71 bits per heavy atom. The Balaban J connectivity index is 2.56. The van der Waals surface area contributed by atoms with Gasteiger partial charge in [-0.15, -0.1) is 0 Å². The largest absolute Gasteiger partial charge is 0.481 e. The molecule has 1 aromatic heterocycles. The average molecular weight is 196 g/mol. The number of furan rings is 1. The van der Waals surface area contributed by atoms with E-state index in [0.29, 0.717) is 18.8 Å². The maximum Gasteiger partial charge on any atom is 0.306 e. The number of aliphatic carboxylic acids is 1. The van der Waals surface area contributed by atoms with Crippen molar-refractivity contribution in [1.82, 2.24) is 0 Å². The van der Waals surface area contributed by atoms with E-state index in [1.165, 1.54) is 0 Å². The molecule has 0 aliphatic carbocycles. The third-order valence-corrected chi connectivity index (χ3v) is 2.17. The van der Waals surface area contributed by atoms with Gasteiger partial charge in [-0.2, -0.15) is 0 Å². The third kappa shape index (κ3) is 3.24. The first-order chi connectivity index (χ1) is 6.59. The maximum absolute atomic E-state index is 10.9. The highest BCUT2D eigenvalue weighted by molar-refractivity contribution is 5.70. The lowest BCUT2D eigenvalue weighted by Crippen LogP contribution is -2.18. The van der Waals surface area contributed by atoms with Crippen LogP contribution in [-0.4, -0.2) is 11.1 Å². The molecule has 0 saturated heterocycles. The second kappa shape index (κ2) is 4.84. The molecule has 78 valence electrons. The van der Waals surface area contributed by atoms with E-state index >= 15 is 0 Å². The molecular weight excluding hydrogens is 180 g/mol. The van der Waals surface area contributed by atoms with Crippen molar-refractivity contribution in [3.63, 3.8) is 0 Å². The van der Waals surface area contributed by atoms with Crippen LogP contribution in [0.3, 0.4) is 0 Å². The smallest absolute Gasteiger partial charge is 0.306 e. The first kappa shape index (κ1) is 10.8. The van der Waals surface area contributed by atoms with Gasteiger partial charge >= 0.3 is 5.97 Å². The number of carbonyl (C=O) groups is 1. The molecule has 3 heteroatoms. The van der Waals surface area contributed by atoms with Crippen LogP contribution in [0.1, 0.15) is 25.8 Å². The highest BCUT2D eigenvalue weighted by atomic mass is 16.4. The van der Waals surface area contributed by atoms with Crippen LogP contribution in [0.4, 0.5) is 0 Å². The van der Waals surface area contributed by atoms with Crippen LogP contribution in [0, 0.1) is 11.8 Å². The van der Waals surface area contributed by atoms with E-state index in [4.69, 9.17) is 9.52 Å². The van der Waals surface area contributed by atoms with Crippen molar-refractivity contribution in [3.05, 3.63) is 24.2 Å². The van der Waals surface area contributed by atoms with Crippen molar-refractivity contribution in [2.24, 2.45) is 11.8 Å². The first-order valence-electron chi connectivity index (χ1n) is 4.83. The van der Waals surface area contributed by atoms with Gasteiger partial charge in [0.15, 0.2) is 0 Å². The Bertz CT molecular complexity index is 275. The molecule has 1 heterocycles. The average Bonchev–Trinajstić information content (AvgIpc) is 2.54. The Hall–Kier alpha value is -1.25.